The molecule has 5 aliphatic rings. The summed E-state index contributed by atoms with van der Waals surface area (Å²) >= 11 is 0. The summed E-state index contributed by atoms with van der Waals surface area (Å²) < 4.78 is 16.6. The summed E-state index contributed by atoms with van der Waals surface area (Å²) in [6.07, 6.45) is 11.5. The normalized spacial score (nSPS) is 44.6. The maximum atomic E-state index is 12.7. The first kappa shape index (κ1) is 32.5. The summed E-state index contributed by atoms with van der Waals surface area (Å²) in [5, 5.41) is 0. The van der Waals surface area contributed by atoms with E-state index in [1.807, 2.05) is 0 Å². The van der Waals surface area contributed by atoms with Crippen molar-refractivity contribution in [2.24, 2.45) is 56.7 Å². The maximum Gasteiger partial charge on any atom is 0.306 e. The molecule has 10 atom stereocenters. The van der Waals surface area contributed by atoms with Crippen LogP contribution in [0, 0.1) is 56.7 Å². The summed E-state index contributed by atoms with van der Waals surface area (Å²) in [5.41, 5.74) is 1.92. The van der Waals surface area contributed by atoms with E-state index < -0.39 is 0 Å². The summed E-state index contributed by atoms with van der Waals surface area (Å²) in [7, 11) is 1.35. The van der Waals surface area contributed by atoms with E-state index in [1.165, 1.54) is 44.8 Å². The molecule has 6 nitrogen and oxygen atoms in total. The first-order chi connectivity index (χ1) is 20.1. The number of carbonyl (C=O) groups excluding carboxylic acids is 3. The van der Waals surface area contributed by atoms with Crippen LogP contribution >= 0.6 is 0 Å². The molecule has 5 rings (SSSR count). The number of methoxy groups -OCH3 is 1. The summed E-state index contributed by atoms with van der Waals surface area (Å²) in [4.78, 5) is 36.3. The number of hydrogen-bond acceptors (Lipinski definition) is 6. The van der Waals surface area contributed by atoms with Crippen LogP contribution in [0.1, 0.15) is 126 Å². The molecule has 0 aromatic carbocycles. The highest BCUT2D eigenvalue weighted by molar-refractivity contribution is 5.77. The van der Waals surface area contributed by atoms with Gasteiger partial charge in [-0.3, -0.25) is 14.4 Å². The second-order valence-corrected chi connectivity index (χ2v) is 16.7. The number of ether oxygens (including phenoxy) is 3. The van der Waals surface area contributed by atoms with Crippen molar-refractivity contribution >= 4 is 17.9 Å². The minimum Gasteiger partial charge on any atom is -0.469 e. The smallest absolute Gasteiger partial charge is 0.306 e. The van der Waals surface area contributed by atoms with Gasteiger partial charge < -0.3 is 14.2 Å². The third kappa shape index (κ3) is 5.00. The predicted octanol–water partition coefficient (Wildman–Crippen LogP) is 8.07. The molecule has 0 bridgehead atoms. The van der Waals surface area contributed by atoms with Gasteiger partial charge in [-0.15, -0.1) is 0 Å². The molecule has 0 aliphatic heterocycles. The molecular formula is C37H58O6. The second-order valence-electron chi connectivity index (χ2n) is 16.7. The van der Waals surface area contributed by atoms with Crippen LogP contribution < -0.4 is 0 Å². The van der Waals surface area contributed by atoms with Crippen LogP contribution in [0.5, 0.6) is 0 Å². The quantitative estimate of drug-likeness (QED) is 0.168. The molecule has 5 fully saturated rings. The summed E-state index contributed by atoms with van der Waals surface area (Å²) in [5.74, 6) is 1.94. The minimum absolute atomic E-state index is 0.0686. The average molecular weight is 599 g/mol. The molecule has 0 aromatic rings. The Morgan fingerprint density at radius 3 is 2.12 bits per heavy atom. The second kappa shape index (κ2) is 11.2. The van der Waals surface area contributed by atoms with Gasteiger partial charge in [-0.1, -0.05) is 46.8 Å². The Bertz CT molecular complexity index is 1140. The zero-order valence-electron chi connectivity index (χ0n) is 28.3. The van der Waals surface area contributed by atoms with Crippen molar-refractivity contribution in [3.63, 3.8) is 0 Å². The number of fused-ring (bicyclic) bond motifs is 7. The molecule has 0 saturated heterocycles. The first-order valence-corrected chi connectivity index (χ1v) is 17.1. The Labute approximate surface area is 260 Å². The Morgan fingerprint density at radius 1 is 0.767 bits per heavy atom. The van der Waals surface area contributed by atoms with Gasteiger partial charge in [0.15, 0.2) is 0 Å². The van der Waals surface area contributed by atoms with Crippen LogP contribution in [-0.4, -0.2) is 37.7 Å². The largest absolute Gasteiger partial charge is 0.469 e. The van der Waals surface area contributed by atoms with E-state index in [9.17, 15) is 14.4 Å². The van der Waals surface area contributed by atoms with Gasteiger partial charge in [-0.05, 0) is 117 Å². The molecule has 10 unspecified atom stereocenters. The third-order valence-corrected chi connectivity index (χ3v) is 14.8. The lowest BCUT2D eigenvalue weighted by molar-refractivity contribution is -0.252. The van der Waals surface area contributed by atoms with Gasteiger partial charge in [0.05, 0.1) is 26.6 Å². The number of esters is 3. The van der Waals surface area contributed by atoms with E-state index in [4.69, 9.17) is 14.2 Å². The average Bonchev–Trinajstić information content (AvgIpc) is 3.33. The van der Waals surface area contributed by atoms with Gasteiger partial charge in [0.1, 0.15) is 6.10 Å². The van der Waals surface area contributed by atoms with Crippen LogP contribution in [0.4, 0.5) is 0 Å². The molecule has 5 aliphatic carbocycles. The number of rotatable bonds is 7. The molecular weight excluding hydrogens is 540 g/mol. The highest BCUT2D eigenvalue weighted by Crippen LogP contribution is 2.77. The Kier molecular flexibility index (Phi) is 8.47. The van der Waals surface area contributed by atoms with Crippen molar-refractivity contribution in [2.75, 3.05) is 13.7 Å². The SMILES string of the molecule is C=C(C)C1CCC2(COC(C)=O)CCC3(C)C(CCC4C5(C)CCC(OC(=O)CCC(=O)OC)C(C)(C)C5CCC43C)C12. The number of allylic oxidation sites excluding steroid dienone is 1. The lowest BCUT2D eigenvalue weighted by Gasteiger charge is -2.73. The molecule has 0 amide bonds. The van der Waals surface area contributed by atoms with Crippen molar-refractivity contribution in [3.8, 4) is 0 Å². The van der Waals surface area contributed by atoms with E-state index in [-0.39, 0.29) is 63.9 Å². The monoisotopic (exact) mass is 598 g/mol. The van der Waals surface area contributed by atoms with E-state index in [2.05, 4.69) is 48.1 Å². The van der Waals surface area contributed by atoms with Gasteiger partial charge in [0, 0.05) is 17.8 Å². The minimum atomic E-state index is -0.374. The molecule has 0 radical (unpaired) electrons. The van der Waals surface area contributed by atoms with Crippen molar-refractivity contribution in [2.45, 2.75) is 132 Å². The van der Waals surface area contributed by atoms with E-state index in [1.54, 1.807) is 6.92 Å². The van der Waals surface area contributed by atoms with Crippen LogP contribution in [-0.2, 0) is 28.6 Å². The molecule has 6 heteroatoms. The number of carbonyl (C=O) groups is 3. The highest BCUT2D eigenvalue weighted by atomic mass is 16.5. The molecule has 0 aromatic heterocycles. The van der Waals surface area contributed by atoms with Gasteiger partial charge in [0.25, 0.3) is 0 Å². The molecule has 43 heavy (non-hydrogen) atoms. The molecule has 242 valence electrons. The maximum absolute atomic E-state index is 12.7. The van der Waals surface area contributed by atoms with Crippen molar-refractivity contribution < 1.29 is 28.6 Å². The summed E-state index contributed by atoms with van der Waals surface area (Å²) in [6.45, 7) is 21.3. The number of hydrogen-bond donors (Lipinski definition) is 0. The van der Waals surface area contributed by atoms with Crippen molar-refractivity contribution in [1.82, 2.24) is 0 Å². The van der Waals surface area contributed by atoms with Crippen LogP contribution in [0.25, 0.3) is 0 Å². The Balaban J connectivity index is 1.40. The van der Waals surface area contributed by atoms with Crippen molar-refractivity contribution in [3.05, 3.63) is 12.2 Å². The Morgan fingerprint density at radius 2 is 1.47 bits per heavy atom. The van der Waals surface area contributed by atoms with E-state index in [0.717, 1.165) is 32.1 Å². The highest BCUT2D eigenvalue weighted by Gasteiger charge is 2.71. The van der Waals surface area contributed by atoms with Gasteiger partial charge in [-0.2, -0.15) is 0 Å². The fraction of sp³-hybridized carbons (Fsp3) is 0.865. The van der Waals surface area contributed by atoms with Crippen LogP contribution in [0.3, 0.4) is 0 Å². The van der Waals surface area contributed by atoms with Gasteiger partial charge >= 0.3 is 17.9 Å². The molecule has 5 saturated carbocycles. The lowest BCUT2D eigenvalue weighted by Crippen LogP contribution is -2.67. The molecule has 0 heterocycles. The lowest BCUT2D eigenvalue weighted by atomic mass is 9.32. The zero-order valence-corrected chi connectivity index (χ0v) is 28.3. The van der Waals surface area contributed by atoms with Gasteiger partial charge in [-0.25, -0.2) is 0 Å². The molecule has 0 spiro atoms. The standard InChI is InChI=1S/C37H58O6/c1-23(2)25-14-19-37(22-42-24(3)38)21-20-35(7)26(32(25)37)10-11-28-34(6)17-16-29(43-31(40)13-12-30(39)41-9)33(4,5)27(34)15-18-36(28,35)8/h25-29,32H,1,10-22H2,2-9H3. The zero-order chi connectivity index (χ0) is 31.6. The third-order valence-electron chi connectivity index (χ3n) is 14.8. The van der Waals surface area contributed by atoms with Crippen LogP contribution in [0.2, 0.25) is 0 Å². The topological polar surface area (TPSA) is 78.9 Å². The van der Waals surface area contributed by atoms with E-state index in [0.29, 0.717) is 36.2 Å². The fourth-order valence-electron chi connectivity index (χ4n) is 12.5. The predicted molar refractivity (Wildman–Crippen MR) is 167 cm³/mol. The summed E-state index contributed by atoms with van der Waals surface area (Å²) in [6, 6.07) is 0. The van der Waals surface area contributed by atoms with Gasteiger partial charge in [0.2, 0.25) is 0 Å². The Hall–Kier alpha value is -1.85. The molecule has 0 N–H and O–H groups in total. The fourth-order valence-corrected chi connectivity index (χ4v) is 12.5. The first-order valence-electron chi connectivity index (χ1n) is 17.1. The van der Waals surface area contributed by atoms with Crippen LogP contribution in [0.15, 0.2) is 12.2 Å². The van der Waals surface area contributed by atoms with E-state index >= 15 is 0 Å². The van der Waals surface area contributed by atoms with Crippen molar-refractivity contribution in [1.29, 1.82) is 0 Å².